The first-order valence-electron chi connectivity index (χ1n) is 6.56. The minimum absolute atomic E-state index is 0.658. The van der Waals surface area contributed by atoms with E-state index in [1.807, 2.05) is 0 Å². The number of fused-ring (bicyclic) bond motifs is 5. The lowest BCUT2D eigenvalue weighted by Crippen LogP contribution is -2.39. The van der Waals surface area contributed by atoms with Crippen molar-refractivity contribution in [3.05, 3.63) is 35.4 Å². The largest absolute Gasteiger partial charge is 0.287 e. The molecule has 0 aromatic heterocycles. The third-order valence-corrected chi connectivity index (χ3v) is 4.39. The van der Waals surface area contributed by atoms with Gasteiger partial charge in [-0.05, 0) is 43.7 Å². The van der Waals surface area contributed by atoms with Gasteiger partial charge in [-0.3, -0.25) is 4.90 Å². The molecule has 2 aliphatic heterocycles. The SMILES string of the molecule is CC(C)N1C2CC[C@H](C)C1c1ccccc12. The molecule has 0 spiro atoms. The molecule has 1 heteroatoms. The van der Waals surface area contributed by atoms with E-state index < -0.39 is 0 Å². The van der Waals surface area contributed by atoms with Gasteiger partial charge in [-0.15, -0.1) is 0 Å². The van der Waals surface area contributed by atoms with Gasteiger partial charge >= 0.3 is 0 Å². The number of hydrogen-bond acceptors (Lipinski definition) is 1. The summed E-state index contributed by atoms with van der Waals surface area (Å²) in [5.41, 5.74) is 3.21. The molecule has 0 amide bonds. The number of piperidine rings is 1. The molecule has 16 heavy (non-hydrogen) atoms. The molecule has 2 bridgehead atoms. The van der Waals surface area contributed by atoms with Crippen molar-refractivity contribution in [2.24, 2.45) is 5.92 Å². The molecule has 1 fully saturated rings. The summed E-state index contributed by atoms with van der Waals surface area (Å²) in [4.78, 5) is 2.73. The van der Waals surface area contributed by atoms with Crippen molar-refractivity contribution >= 4 is 0 Å². The maximum absolute atomic E-state index is 2.73. The van der Waals surface area contributed by atoms with Crippen LogP contribution < -0.4 is 0 Å². The minimum Gasteiger partial charge on any atom is -0.287 e. The second kappa shape index (κ2) is 3.59. The van der Waals surface area contributed by atoms with E-state index in [0.717, 1.165) is 5.92 Å². The maximum Gasteiger partial charge on any atom is 0.0385 e. The Balaban J connectivity index is 2.11. The molecule has 86 valence electrons. The topological polar surface area (TPSA) is 3.24 Å². The van der Waals surface area contributed by atoms with Gasteiger partial charge in [0.05, 0.1) is 0 Å². The summed E-state index contributed by atoms with van der Waals surface area (Å²) in [5, 5.41) is 0. The predicted octanol–water partition coefficient (Wildman–Crippen LogP) is 3.92. The lowest BCUT2D eigenvalue weighted by molar-refractivity contribution is 0.0395. The highest BCUT2D eigenvalue weighted by Gasteiger charge is 2.44. The summed E-state index contributed by atoms with van der Waals surface area (Å²) >= 11 is 0. The van der Waals surface area contributed by atoms with E-state index in [2.05, 4.69) is 49.9 Å². The molecule has 2 aliphatic rings. The summed E-state index contributed by atoms with van der Waals surface area (Å²) in [6.07, 6.45) is 2.72. The van der Waals surface area contributed by atoms with Crippen LogP contribution >= 0.6 is 0 Å². The normalized spacial score (nSPS) is 33.1. The first-order valence-corrected chi connectivity index (χ1v) is 6.56. The van der Waals surface area contributed by atoms with Gasteiger partial charge < -0.3 is 0 Å². The molecule has 2 unspecified atom stereocenters. The number of benzene rings is 1. The van der Waals surface area contributed by atoms with Gasteiger partial charge in [-0.1, -0.05) is 31.2 Å². The van der Waals surface area contributed by atoms with E-state index in [9.17, 15) is 0 Å². The molecule has 1 aromatic carbocycles. The van der Waals surface area contributed by atoms with Gasteiger partial charge in [0.2, 0.25) is 0 Å². The highest BCUT2D eigenvalue weighted by molar-refractivity contribution is 5.39. The van der Waals surface area contributed by atoms with E-state index in [4.69, 9.17) is 0 Å². The fraction of sp³-hybridized carbons (Fsp3) is 0.600. The average Bonchev–Trinajstić information content (AvgIpc) is 2.54. The third-order valence-electron chi connectivity index (χ3n) is 4.39. The Labute approximate surface area is 98.5 Å². The van der Waals surface area contributed by atoms with E-state index in [0.29, 0.717) is 18.1 Å². The summed E-state index contributed by atoms with van der Waals surface area (Å²) in [6.45, 7) is 7.09. The van der Waals surface area contributed by atoms with E-state index in [1.54, 1.807) is 11.1 Å². The van der Waals surface area contributed by atoms with Gasteiger partial charge in [0, 0.05) is 18.1 Å². The first kappa shape index (κ1) is 10.3. The molecule has 1 saturated heterocycles. The fourth-order valence-corrected chi connectivity index (χ4v) is 3.76. The number of hydrogen-bond donors (Lipinski definition) is 0. The van der Waals surface area contributed by atoms with Crippen LogP contribution in [0.4, 0.5) is 0 Å². The summed E-state index contributed by atoms with van der Waals surface area (Å²) in [5.74, 6) is 0.808. The molecular weight excluding hydrogens is 194 g/mol. The molecule has 0 N–H and O–H groups in total. The number of nitrogens with zero attached hydrogens (tertiary/aromatic N) is 1. The standard InChI is InChI=1S/C15H21N/c1-10(2)16-14-9-8-11(3)15(16)13-7-5-4-6-12(13)14/h4-7,10-11,14-15H,8-9H2,1-3H3/t11-,14?,15?/m0/s1. The van der Waals surface area contributed by atoms with Crippen LogP contribution in [-0.4, -0.2) is 10.9 Å². The molecule has 0 aliphatic carbocycles. The van der Waals surface area contributed by atoms with E-state index in [-0.39, 0.29) is 0 Å². The zero-order valence-electron chi connectivity index (χ0n) is 10.5. The van der Waals surface area contributed by atoms with Crippen molar-refractivity contribution in [2.45, 2.75) is 51.7 Å². The number of rotatable bonds is 1. The average molecular weight is 215 g/mol. The molecule has 3 atom stereocenters. The van der Waals surface area contributed by atoms with Gasteiger partial charge in [-0.25, -0.2) is 0 Å². The molecule has 1 nitrogen and oxygen atoms in total. The smallest absolute Gasteiger partial charge is 0.0385 e. The molecular formula is C15H21N. The van der Waals surface area contributed by atoms with Gasteiger partial charge in [-0.2, -0.15) is 0 Å². The minimum atomic E-state index is 0.658. The molecule has 0 saturated carbocycles. The van der Waals surface area contributed by atoms with Gasteiger partial charge in [0.25, 0.3) is 0 Å². The van der Waals surface area contributed by atoms with Crippen LogP contribution in [0.5, 0.6) is 0 Å². The predicted molar refractivity (Wildman–Crippen MR) is 67.3 cm³/mol. The van der Waals surface area contributed by atoms with Crippen LogP contribution in [-0.2, 0) is 0 Å². The van der Waals surface area contributed by atoms with Crippen molar-refractivity contribution in [1.29, 1.82) is 0 Å². The Bertz CT molecular complexity index is 396. The second-order valence-electron chi connectivity index (χ2n) is 5.69. The van der Waals surface area contributed by atoms with Crippen molar-refractivity contribution in [2.75, 3.05) is 0 Å². The first-order chi connectivity index (χ1) is 7.70. The quantitative estimate of drug-likeness (QED) is 0.686. The van der Waals surface area contributed by atoms with Crippen LogP contribution in [0.3, 0.4) is 0 Å². The fourth-order valence-electron chi connectivity index (χ4n) is 3.76. The van der Waals surface area contributed by atoms with Gasteiger partial charge in [0.1, 0.15) is 0 Å². The summed E-state index contributed by atoms with van der Waals surface area (Å²) in [6, 6.07) is 11.1. The zero-order chi connectivity index (χ0) is 11.3. The summed E-state index contributed by atoms with van der Waals surface area (Å²) < 4.78 is 0. The monoisotopic (exact) mass is 215 g/mol. The Hall–Kier alpha value is -0.820. The van der Waals surface area contributed by atoms with Crippen molar-refractivity contribution in [1.82, 2.24) is 4.90 Å². The van der Waals surface area contributed by atoms with Crippen LogP contribution in [0, 0.1) is 5.92 Å². The van der Waals surface area contributed by atoms with E-state index in [1.165, 1.54) is 12.8 Å². The highest BCUT2D eigenvalue weighted by atomic mass is 15.2. The van der Waals surface area contributed by atoms with Crippen LogP contribution in [0.25, 0.3) is 0 Å². The molecule has 0 radical (unpaired) electrons. The molecule has 1 aromatic rings. The molecule has 3 rings (SSSR count). The Morgan fingerprint density at radius 3 is 2.50 bits per heavy atom. The Morgan fingerprint density at radius 2 is 1.81 bits per heavy atom. The van der Waals surface area contributed by atoms with Crippen molar-refractivity contribution < 1.29 is 0 Å². The van der Waals surface area contributed by atoms with Crippen molar-refractivity contribution in [3.63, 3.8) is 0 Å². The zero-order valence-corrected chi connectivity index (χ0v) is 10.5. The van der Waals surface area contributed by atoms with Crippen molar-refractivity contribution in [3.8, 4) is 0 Å². The molecule has 2 heterocycles. The van der Waals surface area contributed by atoms with Gasteiger partial charge in [0.15, 0.2) is 0 Å². The summed E-state index contributed by atoms with van der Waals surface area (Å²) in [7, 11) is 0. The Morgan fingerprint density at radius 1 is 1.12 bits per heavy atom. The third kappa shape index (κ3) is 1.27. The van der Waals surface area contributed by atoms with Crippen LogP contribution in [0.2, 0.25) is 0 Å². The maximum atomic E-state index is 2.73. The second-order valence-corrected chi connectivity index (χ2v) is 5.69. The van der Waals surface area contributed by atoms with E-state index >= 15 is 0 Å². The lowest BCUT2D eigenvalue weighted by Gasteiger charge is -2.41. The van der Waals surface area contributed by atoms with Crippen LogP contribution in [0.1, 0.15) is 56.8 Å². The van der Waals surface area contributed by atoms with Crippen LogP contribution in [0.15, 0.2) is 24.3 Å². The Kier molecular flexibility index (Phi) is 2.32. The lowest BCUT2D eigenvalue weighted by atomic mass is 9.89. The highest BCUT2D eigenvalue weighted by Crippen LogP contribution is 2.53.